The van der Waals surface area contributed by atoms with E-state index in [0.29, 0.717) is 18.0 Å². The van der Waals surface area contributed by atoms with Crippen molar-refractivity contribution in [2.75, 3.05) is 6.79 Å². The smallest absolute Gasteiger partial charge is 0.315 e. The number of pyridine rings is 1. The fourth-order valence-corrected chi connectivity index (χ4v) is 2.47. The summed E-state index contributed by atoms with van der Waals surface area (Å²) < 4.78 is 12.2. The molecule has 0 spiro atoms. The molecule has 1 aromatic carbocycles. The Morgan fingerprint density at radius 1 is 1.08 bits per heavy atom. The Labute approximate surface area is 149 Å². The Morgan fingerprint density at radius 2 is 1.88 bits per heavy atom. The lowest BCUT2D eigenvalue weighted by Gasteiger charge is -2.07. The molecule has 1 aliphatic rings. The summed E-state index contributed by atoms with van der Waals surface area (Å²) in [6.07, 6.45) is 5.12. The van der Waals surface area contributed by atoms with E-state index >= 15 is 0 Å². The molecular weight excluding hydrogens is 336 g/mol. The summed E-state index contributed by atoms with van der Waals surface area (Å²) in [5.41, 5.74) is 2.43. The second kappa shape index (κ2) is 7.09. The predicted octanol–water partition coefficient (Wildman–Crippen LogP) is 1.39. The van der Waals surface area contributed by atoms with Gasteiger partial charge < -0.3 is 20.1 Å². The lowest BCUT2D eigenvalue weighted by molar-refractivity contribution is 0.174. The van der Waals surface area contributed by atoms with Crippen LogP contribution >= 0.6 is 0 Å². The maximum Gasteiger partial charge on any atom is 0.315 e. The maximum absolute atomic E-state index is 12.0. The van der Waals surface area contributed by atoms with Crippen LogP contribution in [0.1, 0.15) is 11.3 Å². The topological polar surface area (TPSA) is 103 Å². The molecule has 0 fully saturated rings. The highest BCUT2D eigenvalue weighted by molar-refractivity contribution is 5.73. The van der Waals surface area contributed by atoms with Crippen LogP contribution < -0.4 is 20.1 Å². The SMILES string of the molecule is O=C(NCc1ccc2c(c1)OCO2)NCc1cn(-c2ccncc2)nn1. The second-order valence-electron chi connectivity index (χ2n) is 5.58. The largest absolute Gasteiger partial charge is 0.454 e. The number of carbonyl (C=O) groups is 1. The minimum absolute atomic E-state index is 0.229. The van der Waals surface area contributed by atoms with Crippen molar-refractivity contribution in [3.63, 3.8) is 0 Å². The van der Waals surface area contributed by atoms with Crippen molar-refractivity contribution in [3.05, 3.63) is 60.2 Å². The zero-order valence-corrected chi connectivity index (χ0v) is 13.8. The molecule has 26 heavy (non-hydrogen) atoms. The van der Waals surface area contributed by atoms with E-state index < -0.39 is 0 Å². The van der Waals surface area contributed by atoms with Crippen molar-refractivity contribution in [1.29, 1.82) is 0 Å². The normalized spacial score (nSPS) is 12.0. The van der Waals surface area contributed by atoms with Crippen LogP contribution in [0.5, 0.6) is 11.5 Å². The fraction of sp³-hybridized carbons (Fsp3) is 0.176. The number of rotatable bonds is 5. The Balaban J connectivity index is 1.27. The predicted molar refractivity (Wildman–Crippen MR) is 90.8 cm³/mol. The summed E-state index contributed by atoms with van der Waals surface area (Å²) in [7, 11) is 0. The van der Waals surface area contributed by atoms with E-state index in [-0.39, 0.29) is 19.4 Å². The molecule has 3 aromatic rings. The standard InChI is InChI=1S/C17H16N6O3/c24-17(19-8-12-1-2-15-16(7-12)26-11-25-15)20-9-13-10-23(22-21-13)14-3-5-18-6-4-14/h1-7,10H,8-9,11H2,(H2,19,20,24). The van der Waals surface area contributed by atoms with Crippen LogP contribution in [0.2, 0.25) is 0 Å². The Hall–Kier alpha value is -3.62. The van der Waals surface area contributed by atoms with Gasteiger partial charge in [-0.15, -0.1) is 5.10 Å². The van der Waals surface area contributed by atoms with Gasteiger partial charge in [-0.25, -0.2) is 9.48 Å². The number of ether oxygens (including phenoxy) is 2. The molecule has 0 saturated heterocycles. The van der Waals surface area contributed by atoms with Crippen molar-refractivity contribution in [2.24, 2.45) is 0 Å². The van der Waals surface area contributed by atoms with Gasteiger partial charge in [0, 0.05) is 18.9 Å². The molecule has 0 bridgehead atoms. The second-order valence-corrected chi connectivity index (χ2v) is 5.58. The number of carbonyl (C=O) groups excluding carboxylic acids is 1. The highest BCUT2D eigenvalue weighted by Gasteiger charge is 2.13. The highest BCUT2D eigenvalue weighted by Crippen LogP contribution is 2.32. The fourth-order valence-electron chi connectivity index (χ4n) is 2.47. The zero-order chi connectivity index (χ0) is 17.8. The average molecular weight is 352 g/mol. The van der Waals surface area contributed by atoms with E-state index in [1.54, 1.807) is 23.3 Å². The first-order chi connectivity index (χ1) is 12.8. The molecule has 0 unspecified atom stereocenters. The Bertz CT molecular complexity index is 912. The van der Waals surface area contributed by atoms with Gasteiger partial charge >= 0.3 is 6.03 Å². The molecular formula is C17H16N6O3. The van der Waals surface area contributed by atoms with Gasteiger partial charge in [0.15, 0.2) is 11.5 Å². The number of hydrogen-bond donors (Lipinski definition) is 2. The molecule has 4 rings (SSSR count). The van der Waals surface area contributed by atoms with Crippen molar-refractivity contribution >= 4 is 6.03 Å². The molecule has 0 radical (unpaired) electrons. The monoisotopic (exact) mass is 352 g/mol. The molecule has 9 heteroatoms. The third kappa shape index (κ3) is 3.56. The number of amides is 2. The van der Waals surface area contributed by atoms with E-state index in [1.807, 2.05) is 30.3 Å². The maximum atomic E-state index is 12.0. The van der Waals surface area contributed by atoms with E-state index in [2.05, 4.69) is 25.9 Å². The van der Waals surface area contributed by atoms with Gasteiger partial charge in [-0.05, 0) is 29.8 Å². The number of hydrogen-bond acceptors (Lipinski definition) is 6. The highest BCUT2D eigenvalue weighted by atomic mass is 16.7. The molecule has 0 saturated carbocycles. The van der Waals surface area contributed by atoms with E-state index in [0.717, 1.165) is 17.0 Å². The number of nitrogens with one attached hydrogen (secondary N) is 2. The first-order valence-corrected chi connectivity index (χ1v) is 8.00. The lowest BCUT2D eigenvalue weighted by atomic mass is 10.2. The first kappa shape index (κ1) is 15.9. The Morgan fingerprint density at radius 3 is 2.77 bits per heavy atom. The molecule has 0 atom stereocenters. The summed E-state index contributed by atoms with van der Waals surface area (Å²) in [4.78, 5) is 15.9. The van der Waals surface area contributed by atoms with Crippen molar-refractivity contribution < 1.29 is 14.3 Å². The van der Waals surface area contributed by atoms with Gasteiger partial charge in [-0.3, -0.25) is 4.98 Å². The quantitative estimate of drug-likeness (QED) is 0.719. The third-order valence-electron chi connectivity index (χ3n) is 3.79. The van der Waals surface area contributed by atoms with Crippen LogP contribution in [0.4, 0.5) is 4.79 Å². The van der Waals surface area contributed by atoms with Crippen molar-refractivity contribution in [2.45, 2.75) is 13.1 Å². The van der Waals surface area contributed by atoms with Gasteiger partial charge in [0.05, 0.1) is 18.4 Å². The van der Waals surface area contributed by atoms with Crippen LogP contribution in [0.3, 0.4) is 0 Å². The van der Waals surface area contributed by atoms with E-state index in [4.69, 9.17) is 9.47 Å². The average Bonchev–Trinajstić information content (AvgIpc) is 3.34. The number of benzene rings is 1. The number of aromatic nitrogens is 4. The lowest BCUT2D eigenvalue weighted by Crippen LogP contribution is -2.34. The van der Waals surface area contributed by atoms with Crippen LogP contribution in [0, 0.1) is 0 Å². The number of fused-ring (bicyclic) bond motifs is 1. The summed E-state index contributed by atoms with van der Waals surface area (Å²) in [5.74, 6) is 1.41. The van der Waals surface area contributed by atoms with Crippen LogP contribution in [0.15, 0.2) is 48.9 Å². The number of urea groups is 1. The molecule has 9 nitrogen and oxygen atoms in total. The molecule has 0 aliphatic carbocycles. The third-order valence-corrected chi connectivity index (χ3v) is 3.79. The minimum Gasteiger partial charge on any atom is -0.454 e. The van der Waals surface area contributed by atoms with Crippen LogP contribution in [-0.4, -0.2) is 32.8 Å². The summed E-state index contributed by atoms with van der Waals surface area (Å²) in [6, 6.07) is 8.92. The number of nitrogens with zero attached hydrogens (tertiary/aromatic N) is 4. The van der Waals surface area contributed by atoms with Crippen molar-refractivity contribution in [1.82, 2.24) is 30.6 Å². The van der Waals surface area contributed by atoms with Gasteiger partial charge in [-0.2, -0.15) is 0 Å². The van der Waals surface area contributed by atoms with E-state index in [9.17, 15) is 4.79 Å². The van der Waals surface area contributed by atoms with Gasteiger partial charge in [0.1, 0.15) is 5.69 Å². The summed E-state index contributed by atoms with van der Waals surface area (Å²) in [6.45, 7) is 0.886. The molecule has 2 N–H and O–H groups in total. The van der Waals surface area contributed by atoms with Crippen LogP contribution in [0.25, 0.3) is 5.69 Å². The van der Waals surface area contributed by atoms with E-state index in [1.165, 1.54) is 0 Å². The first-order valence-electron chi connectivity index (χ1n) is 8.00. The Kier molecular flexibility index (Phi) is 4.33. The molecule has 3 heterocycles. The molecule has 2 amide bonds. The summed E-state index contributed by atoms with van der Waals surface area (Å²) >= 11 is 0. The molecule has 132 valence electrons. The van der Waals surface area contributed by atoms with Gasteiger partial charge in [0.25, 0.3) is 0 Å². The minimum atomic E-state index is -0.291. The van der Waals surface area contributed by atoms with Gasteiger partial charge in [0.2, 0.25) is 6.79 Å². The zero-order valence-electron chi connectivity index (χ0n) is 13.8. The molecule has 2 aromatic heterocycles. The van der Waals surface area contributed by atoms with Crippen LogP contribution in [-0.2, 0) is 13.1 Å². The van der Waals surface area contributed by atoms with Gasteiger partial charge in [-0.1, -0.05) is 11.3 Å². The summed E-state index contributed by atoms with van der Waals surface area (Å²) in [5, 5.41) is 13.6. The van der Waals surface area contributed by atoms with Crippen molar-refractivity contribution in [3.8, 4) is 17.2 Å². The molecule has 1 aliphatic heterocycles.